The van der Waals surface area contributed by atoms with Crippen LogP contribution in [0.1, 0.15) is 86.0 Å². The molecular formula is C27H38N2O. The van der Waals surface area contributed by atoms with Crippen molar-refractivity contribution in [2.75, 3.05) is 0 Å². The average molecular weight is 407 g/mol. The number of para-hydroxylation sites is 1. The standard InChI is InChI=1S/C27H38N2O/c1-9-11-12-16-21(19(5)18(3)4)28-25-23-20-15-13-14-17-22(20)30-24(23)26(6,7)27(8,10-2)29-25/h9,11,13-15,17-18H,10,12,16H2,1-8H3,(H,28,29)/b11-9-,21-19-/t27-/m1/s1. The summed E-state index contributed by atoms with van der Waals surface area (Å²) >= 11 is 0. The Balaban J connectivity index is 2.18. The summed E-state index contributed by atoms with van der Waals surface area (Å²) in [6.45, 7) is 17.8. The van der Waals surface area contributed by atoms with Gasteiger partial charge in [0.15, 0.2) is 0 Å². The van der Waals surface area contributed by atoms with E-state index in [1.54, 1.807) is 0 Å². The van der Waals surface area contributed by atoms with Crippen molar-refractivity contribution < 1.29 is 4.42 Å². The Labute approximate surface area is 182 Å². The molecule has 1 atom stereocenters. The molecule has 3 heteroatoms. The molecule has 0 unspecified atom stereocenters. The van der Waals surface area contributed by atoms with E-state index in [2.05, 4.69) is 91.1 Å². The van der Waals surface area contributed by atoms with Crippen LogP contribution in [0.25, 0.3) is 11.0 Å². The van der Waals surface area contributed by atoms with E-state index < -0.39 is 0 Å². The van der Waals surface area contributed by atoms with Crippen LogP contribution in [0.4, 0.5) is 0 Å². The summed E-state index contributed by atoms with van der Waals surface area (Å²) in [5.74, 6) is 2.48. The molecule has 0 saturated carbocycles. The number of hydrogen-bond donors (Lipinski definition) is 1. The maximum Gasteiger partial charge on any atom is 0.137 e. The van der Waals surface area contributed by atoms with Crippen molar-refractivity contribution in [3.05, 3.63) is 59.0 Å². The molecule has 0 aliphatic carbocycles. The van der Waals surface area contributed by atoms with Crippen molar-refractivity contribution in [3.63, 3.8) is 0 Å². The molecule has 0 fully saturated rings. The predicted octanol–water partition coefficient (Wildman–Crippen LogP) is 7.52. The van der Waals surface area contributed by atoms with Gasteiger partial charge in [0.2, 0.25) is 0 Å². The van der Waals surface area contributed by atoms with Crippen LogP contribution in [0.2, 0.25) is 0 Å². The molecule has 0 amide bonds. The second kappa shape index (κ2) is 8.45. The summed E-state index contributed by atoms with van der Waals surface area (Å²) in [4.78, 5) is 5.35. The van der Waals surface area contributed by atoms with E-state index >= 15 is 0 Å². The topological polar surface area (TPSA) is 37.5 Å². The summed E-state index contributed by atoms with van der Waals surface area (Å²) in [7, 11) is 0. The zero-order valence-electron chi connectivity index (χ0n) is 20.0. The third-order valence-corrected chi connectivity index (χ3v) is 7.20. The first-order chi connectivity index (χ1) is 14.2. The highest BCUT2D eigenvalue weighted by Gasteiger charge is 2.49. The molecule has 0 bridgehead atoms. The number of aliphatic imine (C=N–C) groups is 1. The van der Waals surface area contributed by atoms with E-state index in [-0.39, 0.29) is 11.0 Å². The van der Waals surface area contributed by atoms with Gasteiger partial charge in [-0.2, -0.15) is 0 Å². The van der Waals surface area contributed by atoms with Crippen molar-refractivity contribution in [3.8, 4) is 0 Å². The molecular weight excluding hydrogens is 368 g/mol. The number of hydrogen-bond acceptors (Lipinski definition) is 3. The van der Waals surface area contributed by atoms with E-state index in [0.29, 0.717) is 5.92 Å². The highest BCUT2D eigenvalue weighted by atomic mass is 16.3. The van der Waals surface area contributed by atoms with E-state index in [4.69, 9.17) is 9.41 Å². The number of nitrogens with zero attached hydrogens (tertiary/aromatic N) is 1. The van der Waals surface area contributed by atoms with Crippen LogP contribution in [-0.4, -0.2) is 11.4 Å². The summed E-state index contributed by atoms with van der Waals surface area (Å²) in [6.07, 6.45) is 7.30. The molecule has 3 nitrogen and oxygen atoms in total. The molecule has 0 spiro atoms. The van der Waals surface area contributed by atoms with Gasteiger partial charge in [-0.05, 0) is 52.0 Å². The van der Waals surface area contributed by atoms with Gasteiger partial charge < -0.3 is 9.73 Å². The number of amidine groups is 1. The molecule has 1 aliphatic rings. The van der Waals surface area contributed by atoms with Gasteiger partial charge in [-0.3, -0.25) is 4.99 Å². The van der Waals surface area contributed by atoms with Gasteiger partial charge in [-0.25, -0.2) is 0 Å². The Morgan fingerprint density at radius 1 is 1.20 bits per heavy atom. The minimum Gasteiger partial charge on any atom is -0.460 e. The maximum atomic E-state index is 6.47. The minimum atomic E-state index is -0.240. The van der Waals surface area contributed by atoms with E-state index in [1.807, 2.05) is 6.07 Å². The average Bonchev–Trinajstić information content (AvgIpc) is 3.11. The molecule has 1 aromatic heterocycles. The van der Waals surface area contributed by atoms with Crippen LogP contribution in [0.5, 0.6) is 0 Å². The molecule has 3 rings (SSSR count). The van der Waals surface area contributed by atoms with Gasteiger partial charge in [-0.1, -0.05) is 70.5 Å². The largest absolute Gasteiger partial charge is 0.460 e. The minimum absolute atomic E-state index is 0.191. The van der Waals surface area contributed by atoms with E-state index in [9.17, 15) is 0 Å². The lowest BCUT2D eigenvalue weighted by Gasteiger charge is -2.43. The molecule has 162 valence electrons. The van der Waals surface area contributed by atoms with Crippen LogP contribution in [-0.2, 0) is 5.41 Å². The van der Waals surface area contributed by atoms with Crippen LogP contribution in [0.15, 0.2) is 57.1 Å². The Morgan fingerprint density at radius 2 is 1.90 bits per heavy atom. The number of fused-ring (bicyclic) bond motifs is 3. The lowest BCUT2D eigenvalue weighted by atomic mass is 9.67. The summed E-state index contributed by atoms with van der Waals surface area (Å²) in [6, 6.07) is 8.34. The summed E-state index contributed by atoms with van der Waals surface area (Å²) < 4.78 is 6.47. The molecule has 1 aliphatic heterocycles. The SMILES string of the molecule is C/C=C\CC/C(NC1=N[C@](C)(CC)C(C)(C)c2oc3ccccc3c21)=C(\C)C(C)C. The fourth-order valence-electron chi connectivity index (χ4n) is 4.26. The van der Waals surface area contributed by atoms with Gasteiger partial charge in [0.25, 0.3) is 0 Å². The first kappa shape index (κ1) is 22.4. The molecule has 30 heavy (non-hydrogen) atoms. The van der Waals surface area contributed by atoms with Crippen LogP contribution < -0.4 is 5.32 Å². The number of rotatable bonds is 6. The first-order valence-corrected chi connectivity index (χ1v) is 11.4. The quantitative estimate of drug-likeness (QED) is 0.504. The maximum absolute atomic E-state index is 6.47. The zero-order valence-corrected chi connectivity index (χ0v) is 20.0. The van der Waals surface area contributed by atoms with Crippen LogP contribution in [0.3, 0.4) is 0 Å². The predicted molar refractivity (Wildman–Crippen MR) is 129 cm³/mol. The Morgan fingerprint density at radius 3 is 2.53 bits per heavy atom. The van der Waals surface area contributed by atoms with E-state index in [1.165, 1.54) is 11.3 Å². The van der Waals surface area contributed by atoms with Crippen molar-refractivity contribution in [2.45, 2.75) is 85.6 Å². The Hall–Kier alpha value is -2.29. The highest BCUT2D eigenvalue weighted by Crippen LogP contribution is 2.47. The van der Waals surface area contributed by atoms with E-state index in [0.717, 1.165) is 47.4 Å². The fraction of sp³-hybridized carbons (Fsp3) is 0.519. The molecule has 2 heterocycles. The second-order valence-corrected chi connectivity index (χ2v) is 9.56. The van der Waals surface area contributed by atoms with Gasteiger partial charge in [-0.15, -0.1) is 0 Å². The fourth-order valence-corrected chi connectivity index (χ4v) is 4.26. The Bertz CT molecular complexity index is 1000. The zero-order chi connectivity index (χ0) is 22.1. The number of nitrogens with one attached hydrogen (secondary N) is 1. The monoisotopic (exact) mass is 406 g/mol. The third-order valence-electron chi connectivity index (χ3n) is 7.20. The smallest absolute Gasteiger partial charge is 0.137 e. The highest BCUT2D eigenvalue weighted by molar-refractivity contribution is 6.12. The molecule has 0 saturated heterocycles. The lowest BCUT2D eigenvalue weighted by molar-refractivity contribution is 0.230. The van der Waals surface area contributed by atoms with Crippen LogP contribution >= 0.6 is 0 Å². The summed E-state index contributed by atoms with van der Waals surface area (Å²) in [5, 5.41) is 4.93. The van der Waals surface area contributed by atoms with Crippen molar-refractivity contribution in [1.82, 2.24) is 5.32 Å². The number of furan rings is 1. The normalized spacial score (nSPS) is 21.7. The van der Waals surface area contributed by atoms with Crippen molar-refractivity contribution in [2.24, 2.45) is 10.9 Å². The van der Waals surface area contributed by atoms with Crippen molar-refractivity contribution >= 4 is 16.8 Å². The second-order valence-electron chi connectivity index (χ2n) is 9.56. The van der Waals surface area contributed by atoms with Gasteiger partial charge in [0.1, 0.15) is 17.2 Å². The third kappa shape index (κ3) is 3.75. The number of benzene rings is 1. The van der Waals surface area contributed by atoms with Gasteiger partial charge in [0, 0.05) is 16.5 Å². The van der Waals surface area contributed by atoms with Gasteiger partial charge in [0.05, 0.1) is 11.1 Å². The van der Waals surface area contributed by atoms with Crippen molar-refractivity contribution in [1.29, 1.82) is 0 Å². The molecule has 2 aromatic rings. The Kier molecular flexibility index (Phi) is 6.31. The molecule has 1 aromatic carbocycles. The van der Waals surface area contributed by atoms with Gasteiger partial charge >= 0.3 is 0 Å². The van der Waals surface area contributed by atoms with Crippen LogP contribution in [0, 0.1) is 5.92 Å². The summed E-state index contributed by atoms with van der Waals surface area (Å²) in [5.41, 5.74) is 4.29. The first-order valence-electron chi connectivity index (χ1n) is 11.4. The molecule has 0 radical (unpaired) electrons. The lowest BCUT2D eigenvalue weighted by Crippen LogP contribution is -2.49. The number of allylic oxidation sites excluding steroid dienone is 4. The molecule has 1 N–H and O–H groups in total.